The Morgan fingerprint density at radius 1 is 1.06 bits per heavy atom. The van der Waals surface area contributed by atoms with Crippen LogP contribution in [0.3, 0.4) is 0 Å². The molecule has 0 aromatic carbocycles. The number of aliphatic hydroxyl groups excluding tert-OH is 2. The van der Waals surface area contributed by atoms with Gasteiger partial charge in [0.1, 0.15) is 5.78 Å². The third-order valence-corrected chi connectivity index (χ3v) is 9.38. The van der Waals surface area contributed by atoms with Crippen LogP contribution in [0.15, 0.2) is 12.2 Å². The molecule has 0 bridgehead atoms. The Morgan fingerprint density at radius 3 is 2.16 bits per heavy atom. The van der Waals surface area contributed by atoms with Gasteiger partial charge in [-0.25, -0.2) is 0 Å². The van der Waals surface area contributed by atoms with E-state index in [2.05, 4.69) is 6.58 Å². The fourth-order valence-electron chi connectivity index (χ4n) is 7.72. The molecule has 31 heavy (non-hydrogen) atoms. The maximum atomic E-state index is 13.2. The predicted molar refractivity (Wildman–Crippen MR) is 113 cm³/mol. The van der Waals surface area contributed by atoms with E-state index in [1.165, 1.54) is 14.2 Å². The summed E-state index contributed by atoms with van der Waals surface area (Å²) in [5, 5.41) is 22.9. The van der Waals surface area contributed by atoms with E-state index in [1.807, 2.05) is 20.8 Å². The molecule has 0 aromatic rings. The van der Waals surface area contributed by atoms with E-state index >= 15 is 0 Å². The number of ketones is 1. The van der Waals surface area contributed by atoms with Crippen LogP contribution in [0.25, 0.3) is 0 Å². The van der Waals surface area contributed by atoms with E-state index in [0.717, 1.165) is 0 Å². The molecule has 0 amide bonds. The van der Waals surface area contributed by atoms with E-state index in [9.17, 15) is 24.6 Å². The monoisotopic (exact) mass is 436 g/mol. The Kier molecular flexibility index (Phi) is 5.51. The molecule has 3 saturated carbocycles. The highest BCUT2D eigenvalue weighted by atomic mass is 16.5. The van der Waals surface area contributed by atoms with Crippen LogP contribution in [-0.2, 0) is 23.9 Å². The van der Waals surface area contributed by atoms with E-state index in [4.69, 9.17) is 9.47 Å². The lowest BCUT2D eigenvalue weighted by Crippen LogP contribution is -2.73. The second-order valence-corrected chi connectivity index (χ2v) is 10.9. The maximum Gasteiger partial charge on any atom is 0.316 e. The van der Waals surface area contributed by atoms with E-state index < -0.39 is 57.6 Å². The van der Waals surface area contributed by atoms with Gasteiger partial charge in [0.25, 0.3) is 0 Å². The maximum absolute atomic E-state index is 13.2. The second-order valence-electron chi connectivity index (χ2n) is 10.9. The number of carbonyl (C=O) groups excluding carboxylic acids is 3. The van der Waals surface area contributed by atoms with Gasteiger partial charge in [0.2, 0.25) is 0 Å². The van der Waals surface area contributed by atoms with Crippen molar-refractivity contribution in [2.24, 2.45) is 39.4 Å². The van der Waals surface area contributed by atoms with Gasteiger partial charge < -0.3 is 19.7 Å². The fourth-order valence-corrected chi connectivity index (χ4v) is 7.72. The molecular weight excluding hydrogens is 400 g/mol. The summed E-state index contributed by atoms with van der Waals surface area (Å²) in [6.45, 7) is 13.2. The molecule has 0 radical (unpaired) electrons. The molecule has 3 rings (SSSR count). The van der Waals surface area contributed by atoms with Crippen LogP contribution >= 0.6 is 0 Å². The van der Waals surface area contributed by atoms with Gasteiger partial charge in [-0.1, -0.05) is 39.8 Å². The number of aliphatic hydroxyl groups is 2. The average molecular weight is 437 g/mol. The van der Waals surface area contributed by atoms with Crippen molar-refractivity contribution < 1.29 is 34.1 Å². The Labute approximate surface area is 184 Å². The number of hydrogen-bond acceptors (Lipinski definition) is 7. The highest BCUT2D eigenvalue weighted by Gasteiger charge is 2.74. The van der Waals surface area contributed by atoms with Crippen LogP contribution < -0.4 is 0 Å². The van der Waals surface area contributed by atoms with Crippen molar-refractivity contribution in [3.63, 3.8) is 0 Å². The van der Waals surface area contributed by atoms with Crippen molar-refractivity contribution >= 4 is 17.7 Å². The van der Waals surface area contributed by atoms with Crippen LogP contribution in [0.2, 0.25) is 0 Å². The van der Waals surface area contributed by atoms with Gasteiger partial charge in [0.15, 0.2) is 0 Å². The summed E-state index contributed by atoms with van der Waals surface area (Å²) in [4.78, 5) is 38.9. The first-order valence-electron chi connectivity index (χ1n) is 10.9. The van der Waals surface area contributed by atoms with Gasteiger partial charge in [-0.2, -0.15) is 0 Å². The molecule has 3 aliphatic rings. The molecular formula is C24H36O7. The number of fused-ring (bicyclic) bond motifs is 3. The molecule has 3 aliphatic carbocycles. The molecule has 0 aliphatic heterocycles. The van der Waals surface area contributed by atoms with Crippen LogP contribution in [0.5, 0.6) is 0 Å². The zero-order chi connectivity index (χ0) is 23.7. The van der Waals surface area contributed by atoms with Crippen molar-refractivity contribution in [1.29, 1.82) is 0 Å². The molecule has 8 atom stereocenters. The van der Waals surface area contributed by atoms with Crippen molar-refractivity contribution in [3.05, 3.63) is 12.2 Å². The van der Waals surface area contributed by atoms with Crippen LogP contribution in [-0.4, -0.2) is 54.4 Å². The van der Waals surface area contributed by atoms with Crippen LogP contribution in [0.1, 0.15) is 53.9 Å². The smallest absolute Gasteiger partial charge is 0.316 e. The Bertz CT molecular complexity index is 832. The Morgan fingerprint density at radius 2 is 1.65 bits per heavy atom. The standard InChI is InChI=1S/C24H36O7/c1-12-11-13-22(4)10-9-14(25)21(2,3)16(22)15(26)18(27)24(13,6)17(19(28)30-7)23(12,5)20(29)31-8/h13,15-18,26-27H,1,9-11H2,2-8H3. The number of carbonyl (C=O) groups is 3. The van der Waals surface area contributed by atoms with Crippen molar-refractivity contribution in [1.82, 2.24) is 0 Å². The van der Waals surface area contributed by atoms with Gasteiger partial charge in [0.05, 0.1) is 37.8 Å². The van der Waals surface area contributed by atoms with E-state index in [-0.39, 0.29) is 11.7 Å². The van der Waals surface area contributed by atoms with Crippen molar-refractivity contribution in [2.45, 2.75) is 66.1 Å². The number of hydrogen-bond donors (Lipinski definition) is 2. The van der Waals surface area contributed by atoms with Gasteiger partial charge in [-0.15, -0.1) is 0 Å². The minimum Gasteiger partial charge on any atom is -0.469 e. The van der Waals surface area contributed by atoms with Crippen molar-refractivity contribution in [2.75, 3.05) is 14.2 Å². The first kappa shape index (κ1) is 23.9. The SMILES string of the molecule is C=C1CC2C3(C)CCC(=O)C(C)(C)C3C(O)C(O)C2(C)C(C(=O)OC)C1(C)C(=O)OC. The lowest BCUT2D eigenvalue weighted by molar-refractivity contribution is -0.266. The molecule has 0 saturated heterocycles. The lowest BCUT2D eigenvalue weighted by Gasteiger charge is -2.69. The highest BCUT2D eigenvalue weighted by molar-refractivity contribution is 5.89. The molecule has 7 heteroatoms. The third kappa shape index (κ3) is 2.75. The summed E-state index contributed by atoms with van der Waals surface area (Å²) in [5.41, 5.74) is -3.47. The van der Waals surface area contributed by atoms with Gasteiger partial charge >= 0.3 is 11.9 Å². The molecule has 2 N–H and O–H groups in total. The van der Waals surface area contributed by atoms with E-state index in [1.54, 1.807) is 13.8 Å². The normalized spacial score (nSPS) is 46.5. The molecule has 0 heterocycles. The predicted octanol–water partition coefficient (Wildman–Crippen LogP) is 2.28. The Balaban J connectivity index is 2.29. The number of ether oxygens (including phenoxy) is 2. The fraction of sp³-hybridized carbons (Fsp3) is 0.792. The van der Waals surface area contributed by atoms with Gasteiger partial charge in [-0.05, 0) is 31.1 Å². The van der Waals surface area contributed by atoms with Gasteiger partial charge in [-0.3, -0.25) is 14.4 Å². The van der Waals surface area contributed by atoms with Crippen LogP contribution in [0.4, 0.5) is 0 Å². The highest BCUT2D eigenvalue weighted by Crippen LogP contribution is 2.71. The average Bonchev–Trinajstić information content (AvgIpc) is 2.71. The third-order valence-electron chi connectivity index (χ3n) is 9.38. The minimum atomic E-state index is -1.42. The topological polar surface area (TPSA) is 110 Å². The summed E-state index contributed by atoms with van der Waals surface area (Å²) in [6.07, 6.45) is -1.33. The molecule has 3 fully saturated rings. The summed E-state index contributed by atoms with van der Waals surface area (Å²) in [6, 6.07) is 0. The first-order valence-corrected chi connectivity index (χ1v) is 10.9. The molecule has 0 spiro atoms. The number of Topliss-reactive ketones (excluding diaryl/α,β-unsaturated/α-hetero) is 1. The Hall–Kier alpha value is -1.73. The van der Waals surface area contributed by atoms with Crippen LogP contribution in [0, 0.1) is 39.4 Å². The van der Waals surface area contributed by atoms with Gasteiger partial charge in [0, 0.05) is 23.2 Å². The summed E-state index contributed by atoms with van der Waals surface area (Å²) in [5.74, 6) is -3.12. The molecule has 174 valence electrons. The first-order chi connectivity index (χ1) is 14.2. The lowest BCUT2D eigenvalue weighted by atomic mass is 9.35. The molecule has 7 nitrogen and oxygen atoms in total. The summed E-state index contributed by atoms with van der Waals surface area (Å²) in [7, 11) is 2.50. The van der Waals surface area contributed by atoms with Crippen molar-refractivity contribution in [3.8, 4) is 0 Å². The summed E-state index contributed by atoms with van der Waals surface area (Å²) < 4.78 is 10.2. The molecule has 8 unspecified atom stereocenters. The zero-order valence-corrected chi connectivity index (χ0v) is 19.7. The minimum absolute atomic E-state index is 0.0587. The molecule has 0 aromatic heterocycles. The quantitative estimate of drug-likeness (QED) is 0.505. The number of methoxy groups -OCH3 is 2. The zero-order valence-electron chi connectivity index (χ0n) is 19.7. The second kappa shape index (κ2) is 7.14. The summed E-state index contributed by atoms with van der Waals surface area (Å²) >= 11 is 0. The largest absolute Gasteiger partial charge is 0.469 e. The van der Waals surface area contributed by atoms with E-state index in [0.29, 0.717) is 24.8 Å². The number of esters is 2. The number of rotatable bonds is 2.